The summed E-state index contributed by atoms with van der Waals surface area (Å²) < 4.78 is 1.58. The zero-order valence-corrected chi connectivity index (χ0v) is 18.8. The number of nitrogens with one attached hydrogen (secondary N) is 1. The molecular formula is C23H29N7O2. The van der Waals surface area contributed by atoms with Gasteiger partial charge in [-0.2, -0.15) is 5.10 Å². The number of piperazine rings is 1. The van der Waals surface area contributed by atoms with Gasteiger partial charge >= 0.3 is 0 Å². The van der Waals surface area contributed by atoms with Gasteiger partial charge in [-0.15, -0.1) is 0 Å². The molecule has 2 amide bonds. The minimum absolute atomic E-state index is 0.0792. The highest BCUT2D eigenvalue weighted by molar-refractivity contribution is 5.89. The summed E-state index contributed by atoms with van der Waals surface area (Å²) in [7, 11) is 0. The fourth-order valence-corrected chi connectivity index (χ4v) is 3.46. The number of pyridine rings is 1. The number of aliphatic imine (C=N–C) groups is 1. The maximum Gasteiger partial charge on any atom is 0.247 e. The van der Waals surface area contributed by atoms with Crippen LogP contribution in [0.5, 0.6) is 0 Å². The average Bonchev–Trinajstić information content (AvgIpc) is 3.25. The summed E-state index contributed by atoms with van der Waals surface area (Å²) in [5.41, 5.74) is 3.64. The van der Waals surface area contributed by atoms with Crippen LogP contribution in [0.25, 0.3) is 5.57 Å². The number of allylic oxidation sites excluding steroid dienone is 4. The number of rotatable bonds is 7. The first kappa shape index (κ1) is 22.9. The number of carbonyl (C=O) groups is 2. The van der Waals surface area contributed by atoms with Crippen LogP contribution in [-0.4, -0.2) is 64.4 Å². The molecule has 168 valence electrons. The van der Waals surface area contributed by atoms with E-state index in [1.807, 2.05) is 43.2 Å². The van der Waals surface area contributed by atoms with E-state index in [0.29, 0.717) is 18.9 Å². The van der Waals surface area contributed by atoms with Crippen LogP contribution in [-0.2, 0) is 16.1 Å². The topological polar surface area (TPSA) is 95.7 Å². The van der Waals surface area contributed by atoms with Crippen molar-refractivity contribution < 1.29 is 9.59 Å². The first-order valence-electron chi connectivity index (χ1n) is 10.5. The molecule has 0 saturated carbocycles. The molecule has 9 heteroatoms. The summed E-state index contributed by atoms with van der Waals surface area (Å²) in [6, 6.07) is 3.71. The van der Waals surface area contributed by atoms with Crippen molar-refractivity contribution in [2.24, 2.45) is 4.99 Å². The molecule has 0 unspecified atom stereocenters. The molecule has 1 fully saturated rings. The molecule has 0 aromatic carbocycles. The van der Waals surface area contributed by atoms with E-state index in [4.69, 9.17) is 0 Å². The number of hydrogen-bond donors (Lipinski definition) is 1. The smallest absolute Gasteiger partial charge is 0.247 e. The van der Waals surface area contributed by atoms with Crippen LogP contribution in [0.2, 0.25) is 0 Å². The Hall–Kier alpha value is -3.75. The van der Waals surface area contributed by atoms with E-state index >= 15 is 0 Å². The molecule has 9 nitrogen and oxygen atoms in total. The SMILES string of the molecule is C=N/C(C)=C\C(=C/C)c1cnn(CC(=O)Nc2ccc(N3CCN(C(C)=O)CC3)cn2)c1. The van der Waals surface area contributed by atoms with Gasteiger partial charge in [0.1, 0.15) is 12.4 Å². The number of aromatic nitrogens is 3. The Morgan fingerprint density at radius 3 is 2.53 bits per heavy atom. The third-order valence-corrected chi connectivity index (χ3v) is 5.30. The van der Waals surface area contributed by atoms with Crippen molar-refractivity contribution in [1.29, 1.82) is 0 Å². The van der Waals surface area contributed by atoms with Crippen molar-refractivity contribution in [2.75, 3.05) is 36.4 Å². The van der Waals surface area contributed by atoms with Crippen LogP contribution in [0.3, 0.4) is 0 Å². The maximum atomic E-state index is 12.4. The molecule has 2 aromatic rings. The van der Waals surface area contributed by atoms with Crippen molar-refractivity contribution in [3.05, 3.63) is 54.1 Å². The van der Waals surface area contributed by atoms with Gasteiger partial charge in [0.25, 0.3) is 0 Å². The van der Waals surface area contributed by atoms with Gasteiger partial charge in [0, 0.05) is 50.6 Å². The molecule has 3 rings (SSSR count). The summed E-state index contributed by atoms with van der Waals surface area (Å²) in [6.45, 7) is 11.9. The van der Waals surface area contributed by atoms with Gasteiger partial charge in [0.05, 0.1) is 18.1 Å². The first-order chi connectivity index (χ1) is 15.4. The molecular weight excluding hydrogens is 406 g/mol. The first-order valence-corrected chi connectivity index (χ1v) is 10.5. The lowest BCUT2D eigenvalue weighted by atomic mass is 10.1. The Morgan fingerprint density at radius 1 is 1.19 bits per heavy atom. The monoisotopic (exact) mass is 435 g/mol. The molecule has 0 bridgehead atoms. The van der Waals surface area contributed by atoms with E-state index < -0.39 is 0 Å². The third-order valence-electron chi connectivity index (χ3n) is 5.30. The molecule has 1 aliphatic heterocycles. The Balaban J connectivity index is 1.55. The van der Waals surface area contributed by atoms with Crippen molar-refractivity contribution in [1.82, 2.24) is 19.7 Å². The zero-order chi connectivity index (χ0) is 23.1. The van der Waals surface area contributed by atoms with Gasteiger partial charge in [-0.25, -0.2) is 4.98 Å². The number of amides is 2. The summed E-state index contributed by atoms with van der Waals surface area (Å²) in [5.74, 6) is 0.377. The molecule has 1 N–H and O–H groups in total. The van der Waals surface area contributed by atoms with Crippen molar-refractivity contribution in [3.63, 3.8) is 0 Å². The predicted molar refractivity (Wildman–Crippen MR) is 127 cm³/mol. The van der Waals surface area contributed by atoms with E-state index in [1.54, 1.807) is 30.1 Å². The molecule has 32 heavy (non-hydrogen) atoms. The average molecular weight is 436 g/mol. The molecule has 0 radical (unpaired) electrons. The van der Waals surface area contributed by atoms with E-state index in [2.05, 4.69) is 32.0 Å². The van der Waals surface area contributed by atoms with Crippen molar-refractivity contribution in [2.45, 2.75) is 27.3 Å². The second-order valence-corrected chi connectivity index (χ2v) is 7.56. The second kappa shape index (κ2) is 10.5. The number of carbonyl (C=O) groups excluding carboxylic acids is 2. The van der Waals surface area contributed by atoms with Gasteiger partial charge in [-0.3, -0.25) is 19.3 Å². The predicted octanol–water partition coefficient (Wildman–Crippen LogP) is 2.59. The lowest BCUT2D eigenvalue weighted by molar-refractivity contribution is -0.129. The maximum absolute atomic E-state index is 12.4. The summed E-state index contributed by atoms with van der Waals surface area (Å²) >= 11 is 0. The summed E-state index contributed by atoms with van der Waals surface area (Å²) in [4.78, 5) is 36.2. The van der Waals surface area contributed by atoms with Gasteiger partial charge in [0.2, 0.25) is 11.8 Å². The Labute approximate surface area is 188 Å². The van der Waals surface area contributed by atoms with Crippen molar-refractivity contribution >= 4 is 35.6 Å². The van der Waals surface area contributed by atoms with Crippen molar-refractivity contribution in [3.8, 4) is 0 Å². The van der Waals surface area contributed by atoms with Crippen LogP contribution in [0.1, 0.15) is 26.3 Å². The molecule has 1 saturated heterocycles. The van der Waals surface area contributed by atoms with Crippen LogP contribution in [0, 0.1) is 0 Å². The second-order valence-electron chi connectivity index (χ2n) is 7.56. The molecule has 0 aliphatic carbocycles. The van der Waals surface area contributed by atoms with Gasteiger partial charge < -0.3 is 15.1 Å². The van der Waals surface area contributed by atoms with E-state index in [9.17, 15) is 9.59 Å². The zero-order valence-electron chi connectivity index (χ0n) is 18.8. The van der Waals surface area contributed by atoms with Gasteiger partial charge in [-0.05, 0) is 44.3 Å². The number of hydrogen-bond acceptors (Lipinski definition) is 6. The highest BCUT2D eigenvalue weighted by Gasteiger charge is 2.19. The van der Waals surface area contributed by atoms with Crippen LogP contribution >= 0.6 is 0 Å². The minimum Gasteiger partial charge on any atom is -0.367 e. The minimum atomic E-state index is -0.212. The third kappa shape index (κ3) is 5.90. The van der Waals surface area contributed by atoms with Gasteiger partial charge in [-0.1, -0.05) is 6.08 Å². The van der Waals surface area contributed by atoms with Gasteiger partial charge in [0.15, 0.2) is 0 Å². The molecule has 1 aliphatic rings. The Bertz CT molecular complexity index is 1030. The van der Waals surface area contributed by atoms with E-state index in [1.165, 1.54) is 0 Å². The van der Waals surface area contributed by atoms with Crippen LogP contribution in [0.15, 0.2) is 53.6 Å². The molecule has 0 spiro atoms. The summed E-state index contributed by atoms with van der Waals surface area (Å²) in [6.07, 6.45) is 9.15. The standard InChI is InChI=1S/C23H29N7O2/c1-5-19(12-17(2)24-4)20-13-26-30(15-20)16-23(32)27-22-7-6-21(14-25-22)29-10-8-28(9-11-29)18(3)31/h5-7,12-15H,4,8-11,16H2,1-3H3,(H,25,27,32)/b17-12-,19-5+. The van der Waals surface area contributed by atoms with E-state index in [-0.39, 0.29) is 18.4 Å². The summed E-state index contributed by atoms with van der Waals surface area (Å²) in [5, 5.41) is 7.08. The highest BCUT2D eigenvalue weighted by Crippen LogP contribution is 2.19. The fraction of sp³-hybridized carbons (Fsp3) is 0.348. The van der Waals surface area contributed by atoms with Crippen LogP contribution in [0.4, 0.5) is 11.5 Å². The van der Waals surface area contributed by atoms with Crippen LogP contribution < -0.4 is 10.2 Å². The highest BCUT2D eigenvalue weighted by atomic mass is 16.2. The Morgan fingerprint density at radius 2 is 1.94 bits per heavy atom. The normalized spacial score (nSPS) is 15.0. The quantitative estimate of drug-likeness (QED) is 0.533. The Kier molecular flexibility index (Phi) is 7.54. The molecule has 0 atom stereocenters. The lowest BCUT2D eigenvalue weighted by Gasteiger charge is -2.35. The largest absolute Gasteiger partial charge is 0.367 e. The molecule has 3 heterocycles. The molecule has 2 aromatic heterocycles. The van der Waals surface area contributed by atoms with E-state index in [0.717, 1.165) is 35.6 Å². The lowest BCUT2D eigenvalue weighted by Crippen LogP contribution is -2.48. The number of anilines is 2. The fourth-order valence-electron chi connectivity index (χ4n) is 3.46. The number of nitrogens with zero attached hydrogens (tertiary/aromatic N) is 6.